The van der Waals surface area contributed by atoms with E-state index < -0.39 is 0 Å². The number of rotatable bonds is 5. The van der Waals surface area contributed by atoms with Gasteiger partial charge in [-0.1, -0.05) is 12.1 Å². The van der Waals surface area contributed by atoms with E-state index in [9.17, 15) is 4.79 Å². The number of carbonyl (C=O) groups excluding carboxylic acids is 1. The summed E-state index contributed by atoms with van der Waals surface area (Å²) in [7, 11) is 0. The first-order valence-corrected chi connectivity index (χ1v) is 7.51. The minimum Gasteiger partial charge on any atom is -0.490 e. The van der Waals surface area contributed by atoms with Crippen LogP contribution >= 0.6 is 0 Å². The minimum atomic E-state index is -0.0253. The van der Waals surface area contributed by atoms with Gasteiger partial charge in [0.25, 0.3) is 5.91 Å². The Bertz CT molecular complexity index is 493. The van der Waals surface area contributed by atoms with Crippen molar-refractivity contribution in [1.29, 1.82) is 0 Å². The maximum absolute atomic E-state index is 12.4. The molecule has 1 atom stereocenters. The molecule has 2 saturated heterocycles. The number of ether oxygens (including phenoxy) is 2. The summed E-state index contributed by atoms with van der Waals surface area (Å²) in [5.41, 5.74) is 0.590. The molecule has 0 radical (unpaired) electrons. The van der Waals surface area contributed by atoms with E-state index in [1.807, 2.05) is 18.2 Å². The van der Waals surface area contributed by atoms with E-state index >= 15 is 0 Å². The van der Waals surface area contributed by atoms with Gasteiger partial charge < -0.3 is 19.5 Å². The van der Waals surface area contributed by atoms with E-state index in [4.69, 9.17) is 14.6 Å². The van der Waals surface area contributed by atoms with Crippen molar-refractivity contribution in [3.05, 3.63) is 29.8 Å². The zero-order valence-corrected chi connectivity index (χ0v) is 12.0. The lowest BCUT2D eigenvalue weighted by Crippen LogP contribution is -2.51. The standard InChI is InChI=1S/C16H21NO4/c18-10-12-8-17(9-12)16(19)14-5-1-2-6-15(14)21-11-13-4-3-7-20-13/h1-2,5-6,12-13,18H,3-4,7-11H2/t13-/m1/s1. The number of para-hydroxylation sites is 1. The molecule has 0 aromatic heterocycles. The normalized spacial score (nSPS) is 22.1. The number of hydrogen-bond acceptors (Lipinski definition) is 4. The summed E-state index contributed by atoms with van der Waals surface area (Å²) in [6.45, 7) is 2.67. The molecule has 1 aromatic rings. The monoisotopic (exact) mass is 291 g/mol. The third kappa shape index (κ3) is 3.19. The first kappa shape index (κ1) is 14.4. The predicted molar refractivity (Wildman–Crippen MR) is 77.4 cm³/mol. The molecule has 2 aliphatic heterocycles. The van der Waals surface area contributed by atoms with E-state index in [0.717, 1.165) is 19.4 Å². The molecule has 1 N–H and O–H groups in total. The number of aliphatic hydroxyl groups is 1. The second-order valence-electron chi connectivity index (χ2n) is 5.70. The summed E-state index contributed by atoms with van der Waals surface area (Å²) in [6.07, 6.45) is 2.22. The Morgan fingerprint density at radius 3 is 2.90 bits per heavy atom. The van der Waals surface area contributed by atoms with Crippen molar-refractivity contribution in [2.24, 2.45) is 5.92 Å². The van der Waals surface area contributed by atoms with Crippen molar-refractivity contribution in [1.82, 2.24) is 4.90 Å². The number of carbonyl (C=O) groups is 1. The lowest BCUT2D eigenvalue weighted by Gasteiger charge is -2.38. The zero-order valence-electron chi connectivity index (χ0n) is 12.0. The van der Waals surface area contributed by atoms with Crippen LogP contribution in [0.5, 0.6) is 5.75 Å². The number of nitrogens with zero attached hydrogens (tertiary/aromatic N) is 1. The van der Waals surface area contributed by atoms with Crippen LogP contribution in [0.3, 0.4) is 0 Å². The molecule has 0 bridgehead atoms. The van der Waals surface area contributed by atoms with Crippen LogP contribution in [-0.4, -0.2) is 54.9 Å². The van der Waals surface area contributed by atoms with Gasteiger partial charge in [0.15, 0.2) is 0 Å². The van der Waals surface area contributed by atoms with Gasteiger partial charge in [-0.3, -0.25) is 4.79 Å². The van der Waals surface area contributed by atoms with E-state index in [1.54, 1.807) is 11.0 Å². The number of benzene rings is 1. The summed E-state index contributed by atoms with van der Waals surface area (Å²) in [5.74, 6) is 0.807. The van der Waals surface area contributed by atoms with Gasteiger partial charge in [0, 0.05) is 32.2 Å². The van der Waals surface area contributed by atoms with Gasteiger partial charge >= 0.3 is 0 Å². The summed E-state index contributed by atoms with van der Waals surface area (Å²) < 4.78 is 11.3. The van der Waals surface area contributed by atoms with Crippen LogP contribution in [0.25, 0.3) is 0 Å². The highest BCUT2D eigenvalue weighted by molar-refractivity contribution is 5.97. The van der Waals surface area contributed by atoms with Gasteiger partial charge in [0.1, 0.15) is 12.4 Å². The van der Waals surface area contributed by atoms with Crippen LogP contribution in [0.4, 0.5) is 0 Å². The lowest BCUT2D eigenvalue weighted by molar-refractivity contribution is 0.0352. The van der Waals surface area contributed by atoms with Gasteiger partial charge in [-0.05, 0) is 25.0 Å². The maximum atomic E-state index is 12.4. The molecular weight excluding hydrogens is 270 g/mol. The number of hydrogen-bond donors (Lipinski definition) is 1. The number of likely N-dealkylation sites (tertiary alicyclic amines) is 1. The molecule has 114 valence electrons. The van der Waals surface area contributed by atoms with E-state index in [-0.39, 0.29) is 24.5 Å². The fourth-order valence-corrected chi connectivity index (χ4v) is 2.75. The molecule has 5 heteroatoms. The zero-order chi connectivity index (χ0) is 14.7. The molecule has 0 unspecified atom stereocenters. The van der Waals surface area contributed by atoms with Crippen LogP contribution in [-0.2, 0) is 4.74 Å². The van der Waals surface area contributed by atoms with Crippen molar-refractivity contribution in [2.75, 3.05) is 32.9 Å². The minimum absolute atomic E-state index is 0.0253. The molecule has 3 rings (SSSR count). The van der Waals surface area contributed by atoms with Crippen LogP contribution < -0.4 is 4.74 Å². The largest absolute Gasteiger partial charge is 0.490 e. The Labute approximate surface area is 124 Å². The van der Waals surface area contributed by atoms with Crippen LogP contribution in [0.15, 0.2) is 24.3 Å². The van der Waals surface area contributed by atoms with Crippen LogP contribution in [0.1, 0.15) is 23.2 Å². The molecule has 0 aliphatic carbocycles. The number of aliphatic hydroxyl groups excluding tert-OH is 1. The SMILES string of the molecule is O=C(c1ccccc1OC[C@H]1CCCO1)N1CC(CO)C1. The topological polar surface area (TPSA) is 59.0 Å². The predicted octanol–water partition coefficient (Wildman–Crippen LogP) is 1.31. The Morgan fingerprint density at radius 2 is 2.19 bits per heavy atom. The Morgan fingerprint density at radius 1 is 1.38 bits per heavy atom. The third-order valence-electron chi connectivity index (χ3n) is 4.07. The smallest absolute Gasteiger partial charge is 0.257 e. The van der Waals surface area contributed by atoms with Gasteiger partial charge in [-0.15, -0.1) is 0 Å². The van der Waals surface area contributed by atoms with Crippen LogP contribution in [0.2, 0.25) is 0 Å². The van der Waals surface area contributed by atoms with E-state index in [2.05, 4.69) is 0 Å². The molecule has 1 amide bonds. The molecule has 2 aliphatic rings. The average Bonchev–Trinajstić information content (AvgIpc) is 2.97. The molecule has 5 nitrogen and oxygen atoms in total. The van der Waals surface area contributed by atoms with E-state index in [0.29, 0.717) is 31.0 Å². The van der Waals surface area contributed by atoms with Gasteiger partial charge in [0.2, 0.25) is 0 Å². The maximum Gasteiger partial charge on any atom is 0.257 e. The molecule has 1 aromatic carbocycles. The van der Waals surface area contributed by atoms with Gasteiger partial charge in [-0.2, -0.15) is 0 Å². The molecule has 0 spiro atoms. The Balaban J connectivity index is 1.63. The summed E-state index contributed by atoms with van der Waals surface area (Å²) >= 11 is 0. The fraction of sp³-hybridized carbons (Fsp3) is 0.562. The Kier molecular flexibility index (Phi) is 4.41. The summed E-state index contributed by atoms with van der Waals surface area (Å²) in [6, 6.07) is 7.33. The highest BCUT2D eigenvalue weighted by Gasteiger charge is 2.31. The summed E-state index contributed by atoms with van der Waals surface area (Å²) in [4.78, 5) is 14.2. The summed E-state index contributed by atoms with van der Waals surface area (Å²) in [5, 5.41) is 9.04. The van der Waals surface area contributed by atoms with Crippen molar-refractivity contribution >= 4 is 5.91 Å². The molecular formula is C16H21NO4. The van der Waals surface area contributed by atoms with Gasteiger partial charge in [0.05, 0.1) is 11.7 Å². The fourth-order valence-electron chi connectivity index (χ4n) is 2.75. The quantitative estimate of drug-likeness (QED) is 0.888. The third-order valence-corrected chi connectivity index (χ3v) is 4.07. The van der Waals surface area contributed by atoms with Crippen molar-refractivity contribution in [3.8, 4) is 5.75 Å². The van der Waals surface area contributed by atoms with Crippen molar-refractivity contribution in [2.45, 2.75) is 18.9 Å². The highest BCUT2D eigenvalue weighted by Crippen LogP contribution is 2.25. The first-order valence-electron chi connectivity index (χ1n) is 7.51. The molecule has 2 fully saturated rings. The van der Waals surface area contributed by atoms with Crippen molar-refractivity contribution in [3.63, 3.8) is 0 Å². The molecule has 2 heterocycles. The van der Waals surface area contributed by atoms with Gasteiger partial charge in [-0.25, -0.2) is 0 Å². The van der Waals surface area contributed by atoms with Crippen molar-refractivity contribution < 1.29 is 19.4 Å². The molecule has 0 saturated carbocycles. The average molecular weight is 291 g/mol. The first-order chi connectivity index (χ1) is 10.3. The number of amides is 1. The Hall–Kier alpha value is -1.59. The second-order valence-corrected chi connectivity index (χ2v) is 5.70. The molecule has 21 heavy (non-hydrogen) atoms. The van der Waals surface area contributed by atoms with E-state index in [1.165, 1.54) is 0 Å². The van der Waals surface area contributed by atoms with Crippen LogP contribution in [0, 0.1) is 5.92 Å². The highest BCUT2D eigenvalue weighted by atomic mass is 16.5. The second kappa shape index (κ2) is 6.45. The lowest BCUT2D eigenvalue weighted by atomic mass is 10.00.